The number of hydrogen-bond acceptors (Lipinski definition) is 3. The van der Waals surface area contributed by atoms with Crippen LogP contribution in [0.2, 0.25) is 0 Å². The fourth-order valence-corrected chi connectivity index (χ4v) is 5.36. The molecule has 0 saturated carbocycles. The molecular formula is C29H21ClFNO2. The zero-order valence-corrected chi connectivity index (χ0v) is 19.2. The molecule has 2 bridgehead atoms. The summed E-state index contributed by atoms with van der Waals surface area (Å²) in [5.74, 6) is 0.707. The second-order valence-corrected chi connectivity index (χ2v) is 9.46. The van der Waals surface area contributed by atoms with Gasteiger partial charge in [-0.25, -0.2) is 4.39 Å². The van der Waals surface area contributed by atoms with Gasteiger partial charge in [0.15, 0.2) is 0 Å². The minimum absolute atomic E-state index is 0.272. The number of hydrogen-bond donors (Lipinski definition) is 0. The van der Waals surface area contributed by atoms with Gasteiger partial charge in [0.2, 0.25) is 0 Å². The van der Waals surface area contributed by atoms with Gasteiger partial charge in [0.05, 0.1) is 12.1 Å². The number of alkyl halides is 1. The summed E-state index contributed by atoms with van der Waals surface area (Å²) in [6, 6.07) is 28.2. The lowest BCUT2D eigenvalue weighted by atomic mass is 9.71. The molecule has 0 fully saturated rings. The van der Waals surface area contributed by atoms with Gasteiger partial charge >= 0.3 is 5.25 Å². The van der Waals surface area contributed by atoms with Gasteiger partial charge in [-0.1, -0.05) is 67.6 Å². The maximum atomic E-state index is 15.2. The van der Waals surface area contributed by atoms with Crippen LogP contribution in [0.25, 0.3) is 11.1 Å². The van der Waals surface area contributed by atoms with E-state index in [1.807, 2.05) is 78.9 Å². The van der Waals surface area contributed by atoms with Crippen LogP contribution in [0, 0.1) is 5.82 Å². The largest absolute Gasteiger partial charge is 0.439 e. The van der Waals surface area contributed by atoms with Crippen LogP contribution in [0.4, 0.5) is 10.1 Å². The van der Waals surface area contributed by atoms with E-state index in [0.717, 1.165) is 22.3 Å². The van der Waals surface area contributed by atoms with Gasteiger partial charge in [0.1, 0.15) is 17.3 Å². The molecule has 2 aliphatic rings. The van der Waals surface area contributed by atoms with Crippen LogP contribution in [0.1, 0.15) is 30.0 Å². The first-order valence-corrected chi connectivity index (χ1v) is 11.5. The zero-order chi connectivity index (χ0) is 23.3. The molecule has 0 N–H and O–H groups in total. The van der Waals surface area contributed by atoms with E-state index in [1.54, 1.807) is 12.3 Å². The van der Waals surface area contributed by atoms with Crippen molar-refractivity contribution < 1.29 is 13.9 Å². The van der Waals surface area contributed by atoms with Crippen molar-refractivity contribution in [3.63, 3.8) is 0 Å². The van der Waals surface area contributed by atoms with E-state index < -0.39 is 10.7 Å². The molecule has 2 unspecified atom stereocenters. The molecule has 0 aromatic heterocycles. The Labute approximate surface area is 202 Å². The molecule has 0 amide bonds. The third-order valence-electron chi connectivity index (χ3n) is 6.60. The molecule has 168 valence electrons. The fourth-order valence-electron chi connectivity index (χ4n) is 4.94. The summed E-state index contributed by atoms with van der Waals surface area (Å²) in [6.07, 6.45) is 2.01. The summed E-state index contributed by atoms with van der Waals surface area (Å²) >= 11 is 7.13. The molecule has 4 aromatic rings. The number of benzene rings is 4. The van der Waals surface area contributed by atoms with Gasteiger partial charge in [-0.15, -0.1) is 0 Å². The molecule has 2 atom stereocenters. The van der Waals surface area contributed by atoms with Crippen LogP contribution in [0.3, 0.4) is 0 Å². The maximum Gasteiger partial charge on any atom is 0.333 e. The zero-order valence-electron chi connectivity index (χ0n) is 18.5. The first-order chi connectivity index (χ1) is 16.5. The molecule has 0 saturated heterocycles. The second kappa shape index (κ2) is 7.71. The molecule has 6 rings (SSSR count). The van der Waals surface area contributed by atoms with Crippen LogP contribution in [-0.2, 0) is 5.41 Å². The van der Waals surface area contributed by atoms with E-state index in [2.05, 4.69) is 6.92 Å². The van der Waals surface area contributed by atoms with Crippen LogP contribution >= 0.6 is 11.6 Å². The molecule has 3 nitrogen and oxygen atoms in total. The van der Waals surface area contributed by atoms with Gasteiger partial charge in [-0.3, -0.25) is 4.99 Å². The lowest BCUT2D eigenvalue weighted by Gasteiger charge is -2.44. The predicted octanol–water partition coefficient (Wildman–Crippen LogP) is 7.62. The minimum atomic E-state index is -1.52. The van der Waals surface area contributed by atoms with Gasteiger partial charge < -0.3 is 9.47 Å². The molecule has 2 heterocycles. The highest BCUT2D eigenvalue weighted by Gasteiger charge is 2.50. The van der Waals surface area contributed by atoms with Crippen molar-refractivity contribution in [2.24, 2.45) is 4.99 Å². The van der Waals surface area contributed by atoms with E-state index in [4.69, 9.17) is 26.1 Å². The maximum absolute atomic E-state index is 15.2. The molecular weight excluding hydrogens is 449 g/mol. The summed E-state index contributed by atoms with van der Waals surface area (Å²) < 4.78 is 28.0. The van der Waals surface area contributed by atoms with E-state index in [1.165, 1.54) is 6.07 Å². The van der Waals surface area contributed by atoms with Crippen molar-refractivity contribution in [1.29, 1.82) is 0 Å². The lowest BCUT2D eigenvalue weighted by molar-refractivity contribution is -0.0672. The molecule has 5 heteroatoms. The average Bonchev–Trinajstić information content (AvgIpc) is 2.85. The number of aliphatic imine (C=N–C) groups is 1. The highest BCUT2D eigenvalue weighted by atomic mass is 35.5. The third-order valence-corrected chi connectivity index (χ3v) is 6.88. The first kappa shape index (κ1) is 20.9. The SMILES string of the molecule is CC1(c2ccccc2)CC2(Cl)Oc3ccccc3C=Nc3ccccc3-c3cc(F)cc1c3O2. The molecule has 0 spiro atoms. The highest BCUT2D eigenvalue weighted by Crippen LogP contribution is 2.54. The Hall–Kier alpha value is -3.63. The van der Waals surface area contributed by atoms with Crippen molar-refractivity contribution >= 4 is 23.5 Å². The Bertz CT molecular complexity index is 1440. The predicted molar refractivity (Wildman–Crippen MR) is 133 cm³/mol. The molecule has 4 aromatic carbocycles. The number of para-hydroxylation sites is 2. The van der Waals surface area contributed by atoms with Gasteiger partial charge in [-0.2, -0.15) is 0 Å². The average molecular weight is 470 g/mol. The molecule has 0 radical (unpaired) electrons. The van der Waals surface area contributed by atoms with E-state index in [9.17, 15) is 0 Å². The van der Waals surface area contributed by atoms with Crippen molar-refractivity contribution in [2.45, 2.75) is 24.0 Å². The summed E-state index contributed by atoms with van der Waals surface area (Å²) in [5.41, 5.74) is 3.85. The number of halogens is 2. The van der Waals surface area contributed by atoms with Crippen molar-refractivity contribution in [3.8, 4) is 22.6 Å². The quantitative estimate of drug-likeness (QED) is 0.268. The normalized spacial score (nSPS) is 22.4. The van der Waals surface area contributed by atoms with Crippen molar-refractivity contribution in [2.75, 3.05) is 0 Å². The smallest absolute Gasteiger partial charge is 0.333 e. The third kappa shape index (κ3) is 3.37. The van der Waals surface area contributed by atoms with E-state index in [-0.39, 0.29) is 12.2 Å². The fraction of sp³-hybridized carbons (Fsp3) is 0.138. The molecule has 34 heavy (non-hydrogen) atoms. The van der Waals surface area contributed by atoms with Gasteiger partial charge in [0, 0.05) is 33.9 Å². The number of fused-ring (bicyclic) bond motifs is 4. The minimum Gasteiger partial charge on any atom is -0.439 e. The lowest BCUT2D eigenvalue weighted by Crippen LogP contribution is -2.48. The monoisotopic (exact) mass is 469 g/mol. The van der Waals surface area contributed by atoms with Crippen LogP contribution in [0.5, 0.6) is 11.5 Å². The van der Waals surface area contributed by atoms with Crippen LogP contribution < -0.4 is 9.47 Å². The van der Waals surface area contributed by atoms with E-state index >= 15 is 4.39 Å². The summed E-state index contributed by atoms with van der Waals surface area (Å²) in [7, 11) is 0. The number of ether oxygens (including phenoxy) is 2. The second-order valence-electron chi connectivity index (χ2n) is 8.88. The van der Waals surface area contributed by atoms with Crippen molar-refractivity contribution in [1.82, 2.24) is 0 Å². The van der Waals surface area contributed by atoms with Crippen LogP contribution in [-0.4, -0.2) is 11.5 Å². The topological polar surface area (TPSA) is 30.8 Å². The summed E-state index contributed by atoms with van der Waals surface area (Å²) in [5, 5.41) is -1.52. The summed E-state index contributed by atoms with van der Waals surface area (Å²) in [6.45, 7) is 2.06. The van der Waals surface area contributed by atoms with Gasteiger partial charge in [-0.05, 0) is 47.5 Å². The molecule has 0 aliphatic carbocycles. The van der Waals surface area contributed by atoms with Gasteiger partial charge in [0.25, 0.3) is 0 Å². The Kier molecular flexibility index (Phi) is 4.75. The Balaban J connectivity index is 1.70. The van der Waals surface area contributed by atoms with Crippen LogP contribution in [0.15, 0.2) is 96.0 Å². The Morgan fingerprint density at radius 3 is 2.44 bits per heavy atom. The number of nitrogens with zero attached hydrogens (tertiary/aromatic N) is 1. The Morgan fingerprint density at radius 2 is 1.59 bits per heavy atom. The standard InChI is InChI=1S/C29H21ClFNO2/c1-28(20-10-3-2-4-11-20)18-29(30)33-26-14-8-5-9-19(26)17-32-25-13-7-6-12-22(25)23-15-21(31)16-24(28)27(23)34-29/h2-17H,18H2,1H3. The summed E-state index contributed by atoms with van der Waals surface area (Å²) in [4.78, 5) is 4.73. The van der Waals surface area contributed by atoms with E-state index in [0.29, 0.717) is 22.7 Å². The van der Waals surface area contributed by atoms with Crippen molar-refractivity contribution in [3.05, 3.63) is 114 Å². The first-order valence-electron chi connectivity index (χ1n) is 11.1. The Morgan fingerprint density at radius 1 is 0.853 bits per heavy atom. The number of rotatable bonds is 1. The highest BCUT2D eigenvalue weighted by molar-refractivity contribution is 6.22. The molecule has 2 aliphatic heterocycles.